The molecule has 0 aliphatic rings. The first kappa shape index (κ1) is 9.97. The highest BCUT2D eigenvalue weighted by Crippen LogP contribution is 2.36. The predicted octanol–water partition coefficient (Wildman–Crippen LogP) is 1.74. The zero-order valence-corrected chi connectivity index (χ0v) is 7.71. The van der Waals surface area contributed by atoms with Crippen molar-refractivity contribution in [3.63, 3.8) is 0 Å². The second-order valence-electron chi connectivity index (χ2n) is 3.00. The molecule has 1 aromatic carbocycles. The minimum absolute atomic E-state index is 0.00611. The first-order valence-electron chi connectivity index (χ1n) is 4.14. The van der Waals surface area contributed by atoms with Gasteiger partial charge in [0, 0.05) is 6.07 Å². The summed E-state index contributed by atoms with van der Waals surface area (Å²) in [5, 5.41) is 28.8. The van der Waals surface area contributed by atoms with Crippen LogP contribution < -0.4 is 0 Å². The first-order chi connectivity index (χ1) is 7.52. The lowest BCUT2D eigenvalue weighted by atomic mass is 10.2. The molecule has 0 atom stereocenters. The molecule has 0 aliphatic carbocycles. The van der Waals surface area contributed by atoms with Crippen LogP contribution in [-0.4, -0.2) is 21.1 Å². The summed E-state index contributed by atoms with van der Waals surface area (Å²) in [6, 6.07) is 3.84. The summed E-state index contributed by atoms with van der Waals surface area (Å²) in [6.45, 7) is 0. The molecular weight excluding hydrogens is 218 g/mol. The van der Waals surface area contributed by atoms with Gasteiger partial charge in [0.15, 0.2) is 5.75 Å². The Labute approximate surface area is 87.7 Å². The average molecular weight is 223 g/mol. The van der Waals surface area contributed by atoms with Crippen LogP contribution in [0.5, 0.6) is 5.75 Å². The highest BCUT2D eigenvalue weighted by molar-refractivity contribution is 6.00. The number of hydrogen-bond acceptors (Lipinski definition) is 5. The molecule has 0 saturated heterocycles. The van der Waals surface area contributed by atoms with Crippen LogP contribution in [-0.2, 0) is 0 Å². The van der Waals surface area contributed by atoms with Crippen molar-refractivity contribution in [1.82, 2.24) is 0 Å². The zero-order chi connectivity index (χ0) is 11.9. The molecule has 0 spiro atoms. The van der Waals surface area contributed by atoms with E-state index in [1.165, 1.54) is 12.1 Å². The van der Waals surface area contributed by atoms with Gasteiger partial charge < -0.3 is 14.6 Å². The van der Waals surface area contributed by atoms with E-state index in [0.29, 0.717) is 0 Å². The molecule has 16 heavy (non-hydrogen) atoms. The number of nitrogens with zero attached hydrogens (tertiary/aromatic N) is 1. The molecule has 0 bridgehead atoms. The summed E-state index contributed by atoms with van der Waals surface area (Å²) in [5.41, 5.74) is -0.636. The molecule has 1 heterocycles. The molecule has 0 amide bonds. The van der Waals surface area contributed by atoms with Crippen molar-refractivity contribution in [1.29, 1.82) is 0 Å². The van der Waals surface area contributed by atoms with Gasteiger partial charge in [0.1, 0.15) is 0 Å². The fourth-order valence-corrected chi connectivity index (χ4v) is 1.38. The summed E-state index contributed by atoms with van der Waals surface area (Å²) in [5.74, 6) is -2.79. The molecular formula is C9H5NO6. The standard InChI is InChI=1S/C9H5NO6/c11-6-4-2-1-3-5(10(14)15)7(4)16-8(6)9(12)13/h1-3,11H,(H,12,13). The maximum absolute atomic E-state index is 10.6. The van der Waals surface area contributed by atoms with Crippen LogP contribution in [0.1, 0.15) is 10.6 Å². The summed E-state index contributed by atoms with van der Waals surface area (Å²) < 4.78 is 4.76. The van der Waals surface area contributed by atoms with E-state index in [9.17, 15) is 20.0 Å². The molecule has 82 valence electrons. The number of rotatable bonds is 2. The Morgan fingerprint density at radius 2 is 2.12 bits per heavy atom. The number of carboxylic acids is 1. The zero-order valence-electron chi connectivity index (χ0n) is 7.71. The van der Waals surface area contributed by atoms with Gasteiger partial charge in [-0.05, 0) is 6.07 Å². The number of aromatic carboxylic acids is 1. The van der Waals surface area contributed by atoms with Crippen LogP contribution in [0.2, 0.25) is 0 Å². The second kappa shape index (κ2) is 3.23. The monoisotopic (exact) mass is 223 g/mol. The Balaban J connectivity index is 2.85. The molecule has 0 fully saturated rings. The van der Waals surface area contributed by atoms with Crippen molar-refractivity contribution in [3.8, 4) is 5.75 Å². The molecule has 2 N–H and O–H groups in total. The van der Waals surface area contributed by atoms with Gasteiger partial charge in [0.2, 0.25) is 5.58 Å². The summed E-state index contributed by atoms with van der Waals surface area (Å²) in [4.78, 5) is 20.6. The molecule has 7 heteroatoms. The van der Waals surface area contributed by atoms with Gasteiger partial charge in [-0.25, -0.2) is 4.79 Å². The van der Waals surface area contributed by atoms with Crippen molar-refractivity contribution in [3.05, 3.63) is 34.1 Å². The number of carbonyl (C=O) groups is 1. The largest absolute Gasteiger partial charge is 0.504 e. The van der Waals surface area contributed by atoms with Crippen LogP contribution in [0, 0.1) is 10.1 Å². The van der Waals surface area contributed by atoms with Gasteiger partial charge in [-0.1, -0.05) is 6.07 Å². The van der Waals surface area contributed by atoms with E-state index in [4.69, 9.17) is 9.52 Å². The maximum Gasteiger partial charge on any atom is 0.375 e. The van der Waals surface area contributed by atoms with E-state index in [2.05, 4.69) is 0 Å². The van der Waals surface area contributed by atoms with Crippen molar-refractivity contribution in [2.24, 2.45) is 0 Å². The lowest BCUT2D eigenvalue weighted by molar-refractivity contribution is -0.383. The van der Waals surface area contributed by atoms with E-state index < -0.39 is 22.4 Å². The Morgan fingerprint density at radius 1 is 1.44 bits per heavy atom. The summed E-state index contributed by atoms with van der Waals surface area (Å²) >= 11 is 0. The van der Waals surface area contributed by atoms with E-state index in [1.807, 2.05) is 0 Å². The fourth-order valence-electron chi connectivity index (χ4n) is 1.38. The van der Waals surface area contributed by atoms with Crippen LogP contribution in [0.3, 0.4) is 0 Å². The smallest absolute Gasteiger partial charge is 0.375 e. The Morgan fingerprint density at radius 3 is 2.69 bits per heavy atom. The highest BCUT2D eigenvalue weighted by Gasteiger charge is 2.24. The quantitative estimate of drug-likeness (QED) is 0.592. The number of hydrogen-bond donors (Lipinski definition) is 2. The number of non-ortho nitro benzene ring substituents is 1. The fraction of sp³-hybridized carbons (Fsp3) is 0. The van der Waals surface area contributed by atoms with Crippen LogP contribution >= 0.6 is 0 Å². The van der Waals surface area contributed by atoms with Crippen LogP contribution in [0.25, 0.3) is 11.0 Å². The van der Waals surface area contributed by atoms with Crippen LogP contribution in [0.15, 0.2) is 22.6 Å². The molecule has 0 radical (unpaired) electrons. The second-order valence-corrected chi connectivity index (χ2v) is 3.00. The number of nitro benzene ring substituents is 1. The molecule has 0 aliphatic heterocycles. The molecule has 2 rings (SSSR count). The molecule has 0 saturated carbocycles. The lowest BCUT2D eigenvalue weighted by Gasteiger charge is -1.90. The number of furan rings is 1. The third-order valence-corrected chi connectivity index (χ3v) is 2.06. The van der Waals surface area contributed by atoms with Crippen molar-refractivity contribution in [2.45, 2.75) is 0 Å². The minimum Gasteiger partial charge on any atom is -0.504 e. The molecule has 2 aromatic rings. The van der Waals surface area contributed by atoms with Gasteiger partial charge in [-0.2, -0.15) is 0 Å². The summed E-state index contributed by atoms with van der Waals surface area (Å²) in [7, 11) is 0. The van der Waals surface area contributed by atoms with Gasteiger partial charge in [-0.3, -0.25) is 10.1 Å². The number of fused-ring (bicyclic) bond motifs is 1. The highest BCUT2D eigenvalue weighted by atomic mass is 16.6. The van der Waals surface area contributed by atoms with E-state index in [-0.39, 0.29) is 16.7 Å². The van der Waals surface area contributed by atoms with Gasteiger partial charge in [-0.15, -0.1) is 0 Å². The Hall–Kier alpha value is -2.57. The Kier molecular flexibility index (Phi) is 2.01. The van der Waals surface area contributed by atoms with E-state index >= 15 is 0 Å². The summed E-state index contributed by atoms with van der Waals surface area (Å²) in [6.07, 6.45) is 0. The lowest BCUT2D eigenvalue weighted by Crippen LogP contribution is -1.92. The van der Waals surface area contributed by atoms with Gasteiger partial charge in [0.05, 0.1) is 10.3 Å². The van der Waals surface area contributed by atoms with Gasteiger partial charge in [0.25, 0.3) is 5.76 Å². The number of para-hydroxylation sites is 1. The topological polar surface area (TPSA) is 114 Å². The molecule has 1 aromatic heterocycles. The number of aromatic hydroxyl groups is 1. The number of nitro groups is 1. The minimum atomic E-state index is -1.48. The van der Waals surface area contributed by atoms with Gasteiger partial charge >= 0.3 is 11.7 Å². The van der Waals surface area contributed by atoms with E-state index in [0.717, 1.165) is 6.07 Å². The van der Waals surface area contributed by atoms with Crippen LogP contribution in [0.4, 0.5) is 5.69 Å². The third-order valence-electron chi connectivity index (χ3n) is 2.06. The SMILES string of the molecule is O=C(O)c1oc2c([N+](=O)[O-])cccc2c1O. The first-order valence-corrected chi connectivity index (χ1v) is 4.14. The Bertz CT molecular complexity index is 599. The molecule has 7 nitrogen and oxygen atoms in total. The van der Waals surface area contributed by atoms with Crippen molar-refractivity contribution in [2.75, 3.05) is 0 Å². The van der Waals surface area contributed by atoms with Crippen molar-refractivity contribution < 1.29 is 24.3 Å². The normalized spacial score (nSPS) is 10.5. The predicted molar refractivity (Wildman–Crippen MR) is 51.5 cm³/mol. The average Bonchev–Trinajstić information content (AvgIpc) is 2.56. The van der Waals surface area contributed by atoms with Crippen molar-refractivity contribution >= 4 is 22.6 Å². The maximum atomic E-state index is 10.6. The van der Waals surface area contributed by atoms with E-state index in [1.54, 1.807) is 0 Å². The number of carboxylic acid groups (broad SMARTS) is 1. The number of benzene rings is 1. The molecule has 0 unspecified atom stereocenters. The third kappa shape index (κ3) is 1.26.